The molecule has 1 aliphatic heterocycles. The van der Waals surface area contributed by atoms with Gasteiger partial charge in [0, 0.05) is 55.3 Å². The average Bonchev–Trinajstić information content (AvgIpc) is 3.18. The Labute approximate surface area is 215 Å². The molecule has 0 radical (unpaired) electrons. The molecule has 37 heavy (non-hydrogen) atoms. The Balaban J connectivity index is 1.47. The Morgan fingerprint density at radius 1 is 1.14 bits per heavy atom. The van der Waals surface area contributed by atoms with Crippen molar-refractivity contribution in [1.29, 1.82) is 0 Å². The number of nitrogens with one attached hydrogen (secondary N) is 1. The Morgan fingerprint density at radius 3 is 2.57 bits per heavy atom. The molecule has 9 nitrogen and oxygen atoms in total. The van der Waals surface area contributed by atoms with Gasteiger partial charge in [0.15, 0.2) is 5.82 Å². The monoisotopic (exact) mass is 523 g/mol. The summed E-state index contributed by atoms with van der Waals surface area (Å²) in [7, 11) is -1.50. The lowest BCUT2D eigenvalue weighted by atomic mass is 9.88. The number of hydrogen-bond donors (Lipinski definition) is 1. The van der Waals surface area contributed by atoms with Gasteiger partial charge in [-0.1, -0.05) is 19.9 Å². The number of pyridine rings is 1. The summed E-state index contributed by atoms with van der Waals surface area (Å²) >= 11 is 0. The number of halogens is 1. The molecule has 5 rings (SSSR count). The van der Waals surface area contributed by atoms with Crippen molar-refractivity contribution in [2.24, 2.45) is 13.0 Å². The normalized spacial score (nSPS) is 17.9. The van der Waals surface area contributed by atoms with Crippen LogP contribution in [0.5, 0.6) is 0 Å². The van der Waals surface area contributed by atoms with Gasteiger partial charge in [-0.2, -0.15) is 9.49 Å². The summed E-state index contributed by atoms with van der Waals surface area (Å²) in [5, 5.41) is 9.23. The largest absolute Gasteiger partial charge is 0.368 e. The van der Waals surface area contributed by atoms with Crippen LogP contribution in [0.3, 0.4) is 0 Å². The van der Waals surface area contributed by atoms with Crippen molar-refractivity contribution >= 4 is 37.9 Å². The quantitative estimate of drug-likeness (QED) is 0.382. The number of hydrogen-bond acceptors (Lipinski definition) is 8. The van der Waals surface area contributed by atoms with Gasteiger partial charge in [0.05, 0.1) is 17.5 Å². The fraction of sp³-hybridized carbons (Fsp3) is 0.385. The first kappa shape index (κ1) is 25.1. The van der Waals surface area contributed by atoms with Gasteiger partial charge in [-0.05, 0) is 42.0 Å². The van der Waals surface area contributed by atoms with Crippen LogP contribution in [0.2, 0.25) is 0 Å². The van der Waals surface area contributed by atoms with Gasteiger partial charge in [0.1, 0.15) is 21.5 Å². The maximum absolute atomic E-state index is 14.3. The molecule has 0 bridgehead atoms. The van der Waals surface area contributed by atoms with Crippen molar-refractivity contribution < 1.29 is 12.8 Å². The lowest BCUT2D eigenvalue weighted by Crippen LogP contribution is -2.57. The predicted molar refractivity (Wildman–Crippen MR) is 143 cm³/mol. The molecular weight excluding hydrogens is 493 g/mol. The van der Waals surface area contributed by atoms with Gasteiger partial charge >= 0.3 is 0 Å². The van der Waals surface area contributed by atoms with E-state index in [0.717, 1.165) is 21.1 Å². The van der Waals surface area contributed by atoms with Crippen LogP contribution in [-0.2, 0) is 16.9 Å². The number of anilines is 3. The van der Waals surface area contributed by atoms with E-state index in [1.807, 2.05) is 12.3 Å². The van der Waals surface area contributed by atoms with Crippen molar-refractivity contribution in [3.05, 3.63) is 54.4 Å². The van der Waals surface area contributed by atoms with Crippen molar-refractivity contribution in [2.75, 3.05) is 28.8 Å². The summed E-state index contributed by atoms with van der Waals surface area (Å²) in [6.45, 7) is 7.06. The molecule has 1 saturated heterocycles. The summed E-state index contributed by atoms with van der Waals surface area (Å²) in [6.07, 6.45) is 6.10. The molecule has 0 aliphatic carbocycles. The summed E-state index contributed by atoms with van der Waals surface area (Å²) in [5.41, 5.74) is 2.46. The standard InChI is InChI=1S/C26H30FN7O2S/c1-15(2)18-6-7-22(34-13-17(16(34)3)14-37(5,35)36)20-11-29-24(10-19(18)20)31-23-8-9-28-26(32-23)21-12-30-33(4)25(21)27/h6-12,15-17H,13-14H2,1-5H3,(H,28,29,31,32)/t16-,17-/m1/s1. The second-order valence-corrected chi connectivity index (χ2v) is 12.2. The summed E-state index contributed by atoms with van der Waals surface area (Å²) in [5.74, 6) is 1.42. The van der Waals surface area contributed by atoms with Crippen molar-refractivity contribution in [3.8, 4) is 11.4 Å². The minimum absolute atomic E-state index is 0.111. The third-order valence-corrected chi connectivity index (χ3v) is 8.02. The van der Waals surface area contributed by atoms with Gasteiger partial charge in [-0.3, -0.25) is 0 Å². The highest BCUT2D eigenvalue weighted by Crippen LogP contribution is 2.39. The zero-order chi connectivity index (χ0) is 26.5. The molecule has 1 fully saturated rings. The molecule has 4 heterocycles. The molecule has 0 spiro atoms. The SMILES string of the molecule is CC(C)c1ccc(N2C[C@H](CS(C)(=O)=O)[C@H]2C)c2cnc(Nc3ccnc(-c4cnn(C)c4F)n3)cc12. The lowest BCUT2D eigenvalue weighted by molar-refractivity contribution is 0.342. The number of fused-ring (bicyclic) bond motifs is 1. The predicted octanol–water partition coefficient (Wildman–Crippen LogP) is 4.30. The van der Waals surface area contributed by atoms with E-state index >= 15 is 0 Å². The molecule has 0 amide bonds. The van der Waals surface area contributed by atoms with Gasteiger partial charge in [0.25, 0.3) is 0 Å². The number of rotatable bonds is 7. The van der Waals surface area contributed by atoms with E-state index < -0.39 is 15.8 Å². The van der Waals surface area contributed by atoms with Gasteiger partial charge in [-0.15, -0.1) is 0 Å². The van der Waals surface area contributed by atoms with Crippen LogP contribution in [0, 0.1) is 11.9 Å². The third kappa shape index (κ3) is 4.87. The Morgan fingerprint density at radius 2 is 1.92 bits per heavy atom. The lowest BCUT2D eigenvalue weighted by Gasteiger charge is -2.48. The fourth-order valence-corrected chi connectivity index (χ4v) is 6.08. The molecule has 0 saturated carbocycles. The van der Waals surface area contributed by atoms with Gasteiger partial charge in [-0.25, -0.2) is 28.1 Å². The first-order valence-electron chi connectivity index (χ1n) is 12.2. The van der Waals surface area contributed by atoms with E-state index in [2.05, 4.69) is 63.2 Å². The van der Waals surface area contributed by atoms with Crippen LogP contribution in [0.15, 0.2) is 42.9 Å². The van der Waals surface area contributed by atoms with E-state index in [9.17, 15) is 12.8 Å². The van der Waals surface area contributed by atoms with E-state index in [1.54, 1.807) is 12.3 Å². The van der Waals surface area contributed by atoms with Crippen LogP contribution in [-0.4, -0.2) is 57.7 Å². The number of nitrogens with zero attached hydrogens (tertiary/aromatic N) is 6. The van der Waals surface area contributed by atoms with Crippen molar-refractivity contribution in [2.45, 2.75) is 32.7 Å². The van der Waals surface area contributed by atoms with Crippen LogP contribution in [0.1, 0.15) is 32.3 Å². The summed E-state index contributed by atoms with van der Waals surface area (Å²) in [6, 6.07) is 8.06. The number of aryl methyl sites for hydroxylation is 1. The molecule has 1 N–H and O–H groups in total. The zero-order valence-electron chi connectivity index (χ0n) is 21.5. The molecule has 1 aromatic carbocycles. The van der Waals surface area contributed by atoms with Crippen molar-refractivity contribution in [1.82, 2.24) is 24.7 Å². The van der Waals surface area contributed by atoms with E-state index in [4.69, 9.17) is 0 Å². The second kappa shape index (κ2) is 9.37. The van der Waals surface area contributed by atoms with E-state index in [-0.39, 0.29) is 35.0 Å². The number of aromatic nitrogens is 5. The van der Waals surface area contributed by atoms with Crippen LogP contribution in [0.25, 0.3) is 22.2 Å². The highest BCUT2D eigenvalue weighted by atomic mass is 32.2. The van der Waals surface area contributed by atoms with E-state index in [0.29, 0.717) is 18.2 Å². The smallest absolute Gasteiger partial charge is 0.222 e. The summed E-state index contributed by atoms with van der Waals surface area (Å²) in [4.78, 5) is 15.5. The average molecular weight is 524 g/mol. The highest BCUT2D eigenvalue weighted by molar-refractivity contribution is 7.90. The topological polar surface area (TPSA) is 106 Å². The Hall–Kier alpha value is -3.60. The molecule has 4 aromatic rings. The number of benzene rings is 1. The first-order valence-corrected chi connectivity index (χ1v) is 14.2. The zero-order valence-corrected chi connectivity index (χ0v) is 22.3. The fourth-order valence-electron chi connectivity index (χ4n) is 4.92. The summed E-state index contributed by atoms with van der Waals surface area (Å²) < 4.78 is 39.0. The van der Waals surface area contributed by atoms with E-state index in [1.165, 1.54) is 25.1 Å². The Kier molecular flexibility index (Phi) is 6.35. The molecule has 3 aromatic heterocycles. The van der Waals surface area contributed by atoms with Crippen LogP contribution in [0.4, 0.5) is 21.7 Å². The number of sulfone groups is 1. The van der Waals surface area contributed by atoms with Crippen LogP contribution >= 0.6 is 0 Å². The molecular formula is C26H30FN7O2S. The molecule has 11 heteroatoms. The molecule has 1 aliphatic rings. The first-order chi connectivity index (χ1) is 17.5. The molecule has 2 atom stereocenters. The second-order valence-electron chi connectivity index (χ2n) is 10.1. The minimum atomic E-state index is -3.02. The molecule has 0 unspecified atom stereocenters. The van der Waals surface area contributed by atoms with Gasteiger partial charge < -0.3 is 10.2 Å². The molecule has 194 valence electrons. The Bertz CT molecular complexity index is 1590. The highest BCUT2D eigenvalue weighted by Gasteiger charge is 2.38. The third-order valence-electron chi connectivity index (χ3n) is 6.98. The maximum Gasteiger partial charge on any atom is 0.222 e. The van der Waals surface area contributed by atoms with Crippen molar-refractivity contribution in [3.63, 3.8) is 0 Å². The maximum atomic E-state index is 14.3. The van der Waals surface area contributed by atoms with Crippen LogP contribution < -0.4 is 10.2 Å². The van der Waals surface area contributed by atoms with Gasteiger partial charge in [0.2, 0.25) is 5.95 Å². The minimum Gasteiger partial charge on any atom is -0.368 e.